The maximum absolute atomic E-state index is 11.7. The lowest BCUT2D eigenvalue weighted by Crippen LogP contribution is -2.11. The Bertz CT molecular complexity index is 530. The molecule has 0 aliphatic rings. The van der Waals surface area contributed by atoms with Crippen LogP contribution in [0.4, 0.5) is 0 Å². The molecular formula is C18H26O5. The number of carbonyl (C=O) groups is 1. The standard InChI is InChI=1S/C18H26O5/c1-18(2,3)9-10-23-16(19)8-7-13-11-14(20-4)17(22-6)15(12-13)21-5/h7-8,11-12H,9-10H2,1-6H3/b8-7+. The molecule has 0 heterocycles. The normalized spacial score (nSPS) is 11.4. The summed E-state index contributed by atoms with van der Waals surface area (Å²) in [6.07, 6.45) is 3.87. The molecular weight excluding hydrogens is 296 g/mol. The van der Waals surface area contributed by atoms with E-state index < -0.39 is 0 Å². The second-order valence-corrected chi connectivity index (χ2v) is 6.27. The lowest BCUT2D eigenvalue weighted by atomic mass is 9.93. The van der Waals surface area contributed by atoms with Crippen LogP contribution in [0.5, 0.6) is 17.2 Å². The van der Waals surface area contributed by atoms with Crippen molar-refractivity contribution in [3.05, 3.63) is 23.8 Å². The van der Waals surface area contributed by atoms with E-state index in [9.17, 15) is 4.79 Å². The Kier molecular flexibility index (Phi) is 6.94. The third kappa shape index (κ3) is 6.22. The number of ether oxygens (including phenoxy) is 4. The van der Waals surface area contributed by atoms with E-state index in [4.69, 9.17) is 18.9 Å². The Labute approximate surface area is 138 Å². The highest BCUT2D eigenvalue weighted by Gasteiger charge is 2.13. The zero-order valence-electron chi connectivity index (χ0n) is 14.8. The SMILES string of the molecule is COc1cc(/C=C/C(=O)OCCC(C)(C)C)cc(OC)c1OC. The second-order valence-electron chi connectivity index (χ2n) is 6.27. The van der Waals surface area contributed by atoms with Crippen molar-refractivity contribution in [3.63, 3.8) is 0 Å². The molecule has 5 nitrogen and oxygen atoms in total. The van der Waals surface area contributed by atoms with Crippen molar-refractivity contribution in [2.24, 2.45) is 5.41 Å². The maximum atomic E-state index is 11.7. The molecule has 5 heteroatoms. The van der Waals surface area contributed by atoms with Crippen LogP contribution in [0.2, 0.25) is 0 Å². The van der Waals surface area contributed by atoms with Gasteiger partial charge in [0.1, 0.15) is 0 Å². The van der Waals surface area contributed by atoms with Gasteiger partial charge < -0.3 is 18.9 Å². The average Bonchev–Trinajstić information content (AvgIpc) is 2.50. The van der Waals surface area contributed by atoms with E-state index in [-0.39, 0.29) is 11.4 Å². The minimum atomic E-state index is -0.372. The molecule has 0 radical (unpaired) electrons. The van der Waals surface area contributed by atoms with E-state index in [2.05, 4.69) is 20.8 Å². The van der Waals surface area contributed by atoms with Gasteiger partial charge in [0, 0.05) is 6.08 Å². The van der Waals surface area contributed by atoms with Crippen molar-refractivity contribution in [1.29, 1.82) is 0 Å². The van der Waals surface area contributed by atoms with Crippen LogP contribution in [-0.4, -0.2) is 33.9 Å². The number of carbonyl (C=O) groups excluding carboxylic acids is 1. The predicted octanol–water partition coefficient (Wildman–Crippen LogP) is 3.71. The van der Waals surface area contributed by atoms with Gasteiger partial charge >= 0.3 is 5.97 Å². The highest BCUT2D eigenvalue weighted by Crippen LogP contribution is 2.38. The van der Waals surface area contributed by atoms with Gasteiger partial charge in [-0.05, 0) is 35.6 Å². The smallest absolute Gasteiger partial charge is 0.330 e. The maximum Gasteiger partial charge on any atom is 0.330 e. The number of benzene rings is 1. The molecule has 0 aromatic heterocycles. The van der Waals surface area contributed by atoms with E-state index in [1.807, 2.05) is 0 Å². The van der Waals surface area contributed by atoms with Crippen LogP contribution in [0, 0.1) is 5.41 Å². The second kappa shape index (κ2) is 8.46. The molecule has 0 saturated carbocycles. The zero-order valence-corrected chi connectivity index (χ0v) is 14.8. The van der Waals surface area contributed by atoms with Gasteiger partial charge in [-0.2, -0.15) is 0 Å². The fourth-order valence-electron chi connectivity index (χ4n) is 1.87. The van der Waals surface area contributed by atoms with Crippen LogP contribution in [0.15, 0.2) is 18.2 Å². The Morgan fingerprint density at radius 1 is 1.04 bits per heavy atom. The molecule has 0 N–H and O–H groups in total. The van der Waals surface area contributed by atoms with Crippen molar-refractivity contribution >= 4 is 12.0 Å². The first-order valence-corrected chi connectivity index (χ1v) is 7.45. The number of methoxy groups -OCH3 is 3. The molecule has 0 fully saturated rings. The summed E-state index contributed by atoms with van der Waals surface area (Å²) in [5.74, 6) is 1.21. The molecule has 0 aliphatic carbocycles. The van der Waals surface area contributed by atoms with Crippen LogP contribution in [-0.2, 0) is 9.53 Å². The van der Waals surface area contributed by atoms with Crippen molar-refractivity contribution in [2.45, 2.75) is 27.2 Å². The molecule has 1 aromatic rings. The molecule has 0 aliphatic heterocycles. The first-order valence-electron chi connectivity index (χ1n) is 7.45. The lowest BCUT2D eigenvalue weighted by Gasteiger charge is -2.17. The van der Waals surface area contributed by atoms with Crippen molar-refractivity contribution < 1.29 is 23.7 Å². The molecule has 0 bridgehead atoms. The molecule has 0 atom stereocenters. The molecule has 0 spiro atoms. The summed E-state index contributed by atoms with van der Waals surface area (Å²) in [5, 5.41) is 0. The summed E-state index contributed by atoms with van der Waals surface area (Å²) in [7, 11) is 4.64. The molecule has 23 heavy (non-hydrogen) atoms. The molecule has 0 unspecified atom stereocenters. The molecule has 0 amide bonds. The minimum Gasteiger partial charge on any atom is -0.493 e. The third-order valence-electron chi connectivity index (χ3n) is 3.20. The Hall–Kier alpha value is -2.17. The van der Waals surface area contributed by atoms with E-state index in [0.717, 1.165) is 12.0 Å². The first-order chi connectivity index (χ1) is 10.8. The fraction of sp³-hybridized carbons (Fsp3) is 0.500. The summed E-state index contributed by atoms with van der Waals surface area (Å²) >= 11 is 0. The van der Waals surface area contributed by atoms with Gasteiger partial charge in [0.25, 0.3) is 0 Å². The quantitative estimate of drug-likeness (QED) is 0.566. The molecule has 1 aromatic carbocycles. The molecule has 128 valence electrons. The Morgan fingerprint density at radius 2 is 1.61 bits per heavy atom. The fourth-order valence-corrected chi connectivity index (χ4v) is 1.87. The Balaban J connectivity index is 2.78. The third-order valence-corrected chi connectivity index (χ3v) is 3.20. The summed E-state index contributed by atoms with van der Waals surface area (Å²) < 4.78 is 21.0. The highest BCUT2D eigenvalue weighted by molar-refractivity contribution is 5.87. The van der Waals surface area contributed by atoms with Gasteiger partial charge in [-0.1, -0.05) is 20.8 Å². The lowest BCUT2D eigenvalue weighted by molar-refractivity contribution is -0.138. The summed E-state index contributed by atoms with van der Waals surface area (Å²) in [6, 6.07) is 3.53. The van der Waals surface area contributed by atoms with E-state index in [1.165, 1.54) is 6.08 Å². The monoisotopic (exact) mass is 322 g/mol. The number of rotatable bonds is 7. The van der Waals surface area contributed by atoms with Crippen LogP contribution >= 0.6 is 0 Å². The van der Waals surface area contributed by atoms with E-state index in [1.54, 1.807) is 39.5 Å². The summed E-state index contributed by atoms with van der Waals surface area (Å²) in [4.78, 5) is 11.7. The van der Waals surface area contributed by atoms with Crippen molar-refractivity contribution in [2.75, 3.05) is 27.9 Å². The van der Waals surface area contributed by atoms with Crippen LogP contribution in [0.3, 0.4) is 0 Å². The zero-order chi connectivity index (χ0) is 17.5. The minimum absolute atomic E-state index is 0.140. The summed E-state index contributed by atoms with van der Waals surface area (Å²) in [5.41, 5.74) is 0.896. The van der Waals surface area contributed by atoms with Crippen LogP contribution in [0.25, 0.3) is 6.08 Å². The largest absolute Gasteiger partial charge is 0.493 e. The number of hydrogen-bond donors (Lipinski definition) is 0. The summed E-state index contributed by atoms with van der Waals surface area (Å²) in [6.45, 7) is 6.72. The molecule has 0 saturated heterocycles. The van der Waals surface area contributed by atoms with Crippen molar-refractivity contribution in [3.8, 4) is 17.2 Å². The van der Waals surface area contributed by atoms with E-state index in [0.29, 0.717) is 23.9 Å². The molecule has 1 rings (SSSR count). The van der Waals surface area contributed by atoms with Crippen molar-refractivity contribution in [1.82, 2.24) is 0 Å². The van der Waals surface area contributed by atoms with Gasteiger partial charge in [-0.3, -0.25) is 0 Å². The van der Waals surface area contributed by atoms with Crippen LogP contribution < -0.4 is 14.2 Å². The number of hydrogen-bond acceptors (Lipinski definition) is 5. The first kappa shape index (κ1) is 18.9. The van der Waals surface area contributed by atoms with Crippen LogP contribution in [0.1, 0.15) is 32.8 Å². The van der Waals surface area contributed by atoms with Gasteiger partial charge in [0.05, 0.1) is 27.9 Å². The van der Waals surface area contributed by atoms with Gasteiger partial charge in [-0.25, -0.2) is 4.79 Å². The van der Waals surface area contributed by atoms with Gasteiger partial charge in [0.15, 0.2) is 11.5 Å². The Morgan fingerprint density at radius 3 is 2.04 bits per heavy atom. The topological polar surface area (TPSA) is 54.0 Å². The average molecular weight is 322 g/mol. The number of esters is 1. The van der Waals surface area contributed by atoms with Gasteiger partial charge in [0.2, 0.25) is 5.75 Å². The van der Waals surface area contributed by atoms with E-state index >= 15 is 0 Å². The highest BCUT2D eigenvalue weighted by atomic mass is 16.5. The van der Waals surface area contributed by atoms with Gasteiger partial charge in [-0.15, -0.1) is 0 Å². The predicted molar refractivity (Wildman–Crippen MR) is 90.2 cm³/mol.